The van der Waals surface area contributed by atoms with Crippen molar-refractivity contribution in [2.24, 2.45) is 11.8 Å². The third-order valence-electron chi connectivity index (χ3n) is 15.7. The highest BCUT2D eigenvalue weighted by atomic mass is 79.9. The van der Waals surface area contributed by atoms with E-state index < -0.39 is 36.8 Å². The summed E-state index contributed by atoms with van der Waals surface area (Å²) in [7, 11) is -1.13. The van der Waals surface area contributed by atoms with Crippen LogP contribution in [-0.4, -0.2) is 151 Å². The summed E-state index contributed by atoms with van der Waals surface area (Å²) in [5.41, 5.74) is 6.42. The number of aryl methyl sites for hydroxylation is 1. The summed E-state index contributed by atoms with van der Waals surface area (Å²) in [6, 6.07) is 12.6. The lowest BCUT2D eigenvalue weighted by atomic mass is 9.92. The van der Waals surface area contributed by atoms with E-state index in [1.165, 1.54) is 5.56 Å². The molecule has 20 nitrogen and oxygen atoms in total. The van der Waals surface area contributed by atoms with Crippen molar-refractivity contribution in [1.29, 1.82) is 0 Å². The molecule has 7 heterocycles. The Bertz CT molecular complexity index is 3130. The fourth-order valence-electron chi connectivity index (χ4n) is 11.6. The lowest BCUT2D eigenvalue weighted by molar-refractivity contribution is -0.136. The average Bonchev–Trinajstić information content (AvgIpc) is 3.77. The number of benzene rings is 3. The summed E-state index contributed by atoms with van der Waals surface area (Å²) < 4.78 is 20.1. The van der Waals surface area contributed by atoms with Gasteiger partial charge in [0.1, 0.15) is 30.3 Å². The minimum Gasteiger partial charge on any atom is -0.494 e. The molecule has 22 heteroatoms. The molecule has 2 aromatic heterocycles. The van der Waals surface area contributed by atoms with E-state index in [0.29, 0.717) is 80.2 Å². The SMILES string of the molecule is CCc1cc(Nc2ncc(Br)c(Nc3ccc4nccnc4c3P(C)(C)=O)n2)c(OC)cc1N1CCC(NCCNC(=O)C2CCN(CC3CCN(c4ccc5c(c4)C(=O)N(C4CCC(=O)NC4=O)C5=O)CC3)CC2)CC1. The normalized spacial score (nSPS) is 19.2. The van der Waals surface area contributed by atoms with Gasteiger partial charge in [-0.15, -0.1) is 0 Å². The van der Waals surface area contributed by atoms with Gasteiger partial charge >= 0.3 is 0 Å². The minimum atomic E-state index is -2.79. The van der Waals surface area contributed by atoms with E-state index in [1.54, 1.807) is 51.2 Å². The Labute approximate surface area is 456 Å². The number of hydrogen-bond acceptors (Lipinski definition) is 17. The first-order chi connectivity index (χ1) is 37.1. The first-order valence-electron chi connectivity index (χ1n) is 26.8. The van der Waals surface area contributed by atoms with Crippen LogP contribution in [0.15, 0.2) is 65.5 Å². The molecule has 0 aliphatic carbocycles. The van der Waals surface area contributed by atoms with E-state index in [-0.39, 0.29) is 24.7 Å². The van der Waals surface area contributed by atoms with Crippen LogP contribution in [0.3, 0.4) is 0 Å². The monoisotopic (exact) mass is 1130 g/mol. The van der Waals surface area contributed by atoms with Crippen LogP contribution in [-0.2, 0) is 25.4 Å². The molecule has 3 aromatic carbocycles. The van der Waals surface area contributed by atoms with Gasteiger partial charge in [-0.2, -0.15) is 4.98 Å². The van der Waals surface area contributed by atoms with Crippen molar-refractivity contribution in [3.63, 3.8) is 0 Å². The highest BCUT2D eigenvalue weighted by Crippen LogP contribution is 2.42. The van der Waals surface area contributed by atoms with E-state index in [2.05, 4.69) is 91.2 Å². The zero-order valence-electron chi connectivity index (χ0n) is 44.1. The zero-order valence-corrected chi connectivity index (χ0v) is 46.6. The Morgan fingerprint density at radius 1 is 0.818 bits per heavy atom. The highest BCUT2D eigenvalue weighted by Gasteiger charge is 2.45. The van der Waals surface area contributed by atoms with Gasteiger partial charge in [-0.3, -0.25) is 44.2 Å². The number of likely N-dealkylation sites (tertiary alicyclic amines) is 1. The number of carbonyl (C=O) groups is 5. The zero-order chi connectivity index (χ0) is 54.0. The van der Waals surface area contributed by atoms with Crippen molar-refractivity contribution < 1.29 is 33.3 Å². The molecule has 5 amide bonds. The Hall–Kier alpha value is -6.54. The molecule has 5 aliphatic rings. The number of aromatic nitrogens is 4. The molecule has 0 saturated carbocycles. The number of hydrogen-bond donors (Lipinski definition) is 5. The quantitative estimate of drug-likeness (QED) is 0.0396. The number of ether oxygens (including phenoxy) is 1. The Morgan fingerprint density at radius 2 is 1.56 bits per heavy atom. The molecule has 5 N–H and O–H groups in total. The predicted molar refractivity (Wildman–Crippen MR) is 301 cm³/mol. The van der Waals surface area contributed by atoms with Crippen molar-refractivity contribution in [1.82, 2.24) is 45.7 Å². The maximum absolute atomic E-state index is 13.6. The van der Waals surface area contributed by atoms with Crippen LogP contribution in [0, 0.1) is 11.8 Å². The molecular formula is C55H67BrN13O7P. The standard InChI is InChI=1S/C55H67BrN13O7P/c1-5-34-28-43(63-55-61-31-40(56)50(65-55)62-42-9-8-41-48(59-20-19-58-41)49(42)77(3,4)75)46(76-2)30-45(34)68-26-16-36(17-27-68)57-18-21-60-51(71)35-14-22-66(23-15-35)32-33-12-24-67(25-13-33)37-6-7-38-39(29-37)54(74)69(53(38)73)44-10-11-47(70)64-52(44)72/h6-9,19-20,28-31,33,35-36,44,57H,5,10-18,21-27,32H2,1-4H3,(H,60,71)(H,64,70,72)(H2,61,62,63,65). The third kappa shape index (κ3) is 11.8. The van der Waals surface area contributed by atoms with Crippen LogP contribution in [0.4, 0.5) is 34.5 Å². The van der Waals surface area contributed by atoms with Gasteiger partial charge in [0.05, 0.1) is 44.9 Å². The number of methoxy groups -OCH3 is 1. The number of piperidine rings is 4. The molecule has 10 rings (SSSR count). The van der Waals surface area contributed by atoms with Crippen LogP contribution in [0.2, 0.25) is 0 Å². The number of fused-ring (bicyclic) bond motifs is 2. The molecular weight excluding hydrogens is 1070 g/mol. The third-order valence-corrected chi connectivity index (χ3v) is 17.9. The van der Waals surface area contributed by atoms with Crippen LogP contribution in [0.25, 0.3) is 11.0 Å². The molecule has 4 saturated heterocycles. The fourth-order valence-corrected chi connectivity index (χ4v) is 13.3. The number of amides is 5. The first-order valence-corrected chi connectivity index (χ1v) is 30.2. The van der Waals surface area contributed by atoms with Crippen LogP contribution < -0.4 is 46.4 Å². The fraction of sp³-hybridized carbons (Fsp3) is 0.473. The van der Waals surface area contributed by atoms with Crippen molar-refractivity contribution in [3.05, 3.63) is 82.2 Å². The number of carbonyl (C=O) groups excluding carboxylic acids is 5. The maximum Gasteiger partial charge on any atom is 0.262 e. The topological polar surface area (TPSA) is 236 Å². The lowest BCUT2D eigenvalue weighted by Crippen LogP contribution is -2.54. The van der Waals surface area contributed by atoms with Gasteiger partial charge in [-0.25, -0.2) is 4.98 Å². The largest absolute Gasteiger partial charge is 0.494 e. The lowest BCUT2D eigenvalue weighted by Gasteiger charge is -2.38. The van der Waals surface area contributed by atoms with Gasteiger partial charge in [0.15, 0.2) is 0 Å². The molecule has 0 spiro atoms. The number of nitrogens with zero attached hydrogens (tertiary/aromatic N) is 8. The van der Waals surface area contributed by atoms with E-state index in [1.807, 2.05) is 18.2 Å². The van der Waals surface area contributed by atoms with E-state index in [4.69, 9.17) is 9.72 Å². The van der Waals surface area contributed by atoms with E-state index in [0.717, 1.165) is 113 Å². The molecule has 5 aliphatic heterocycles. The van der Waals surface area contributed by atoms with Crippen LogP contribution >= 0.6 is 23.1 Å². The Balaban J connectivity index is 0.642. The molecule has 0 radical (unpaired) electrons. The van der Waals surface area contributed by atoms with E-state index in [9.17, 15) is 28.5 Å². The summed E-state index contributed by atoms with van der Waals surface area (Å²) in [6.45, 7) is 13.1. The highest BCUT2D eigenvalue weighted by molar-refractivity contribution is 9.10. The summed E-state index contributed by atoms with van der Waals surface area (Å²) in [5, 5.41) is 16.5. The van der Waals surface area contributed by atoms with Gasteiger partial charge in [0.25, 0.3) is 11.8 Å². The Morgan fingerprint density at radius 3 is 2.29 bits per heavy atom. The predicted octanol–water partition coefficient (Wildman–Crippen LogP) is 6.19. The molecule has 4 fully saturated rings. The van der Waals surface area contributed by atoms with Gasteiger partial charge < -0.3 is 45.3 Å². The molecule has 1 unspecified atom stereocenters. The van der Waals surface area contributed by atoms with Crippen molar-refractivity contribution in [3.8, 4) is 5.75 Å². The van der Waals surface area contributed by atoms with Gasteiger partial charge in [0.2, 0.25) is 23.7 Å². The molecule has 5 aromatic rings. The molecule has 406 valence electrons. The summed E-state index contributed by atoms with van der Waals surface area (Å²) in [4.78, 5) is 90.5. The van der Waals surface area contributed by atoms with Gasteiger partial charge in [-0.05, 0) is 142 Å². The molecule has 0 bridgehead atoms. The number of nitrogens with one attached hydrogen (secondary N) is 5. The summed E-state index contributed by atoms with van der Waals surface area (Å²) in [6.07, 6.45) is 11.6. The second kappa shape index (κ2) is 23.2. The second-order valence-electron chi connectivity index (χ2n) is 21.1. The average molecular weight is 1130 g/mol. The molecule has 1 atom stereocenters. The van der Waals surface area contributed by atoms with Gasteiger partial charge in [0, 0.05) is 100 Å². The first kappa shape index (κ1) is 53.8. The van der Waals surface area contributed by atoms with E-state index >= 15 is 0 Å². The molecule has 77 heavy (non-hydrogen) atoms. The van der Waals surface area contributed by atoms with Crippen LogP contribution in [0.1, 0.15) is 84.6 Å². The number of anilines is 6. The van der Waals surface area contributed by atoms with Crippen LogP contribution in [0.5, 0.6) is 5.75 Å². The number of rotatable bonds is 17. The van der Waals surface area contributed by atoms with Crippen molar-refractivity contribution in [2.75, 3.05) is 99.8 Å². The number of halogens is 1. The second-order valence-corrected chi connectivity index (χ2v) is 25.1. The van der Waals surface area contributed by atoms with Crippen molar-refractivity contribution in [2.45, 2.75) is 76.8 Å². The van der Waals surface area contributed by atoms with Gasteiger partial charge in [-0.1, -0.05) is 6.92 Å². The smallest absolute Gasteiger partial charge is 0.262 e. The summed E-state index contributed by atoms with van der Waals surface area (Å²) in [5.74, 6) is 0.228. The minimum absolute atomic E-state index is 0.0182. The summed E-state index contributed by atoms with van der Waals surface area (Å²) >= 11 is 3.59. The maximum atomic E-state index is 13.6. The Kier molecular flexibility index (Phi) is 16.2. The van der Waals surface area contributed by atoms with Crippen molar-refractivity contribution >= 4 is 103 Å². The number of imide groups is 2.